The Morgan fingerprint density at radius 2 is 1.94 bits per heavy atom. The number of nitrogens with zero attached hydrogens (tertiary/aromatic N) is 2. The minimum absolute atomic E-state index is 0.102. The lowest BCUT2D eigenvalue weighted by Crippen LogP contribution is -2.63. The van der Waals surface area contributed by atoms with E-state index in [1.807, 2.05) is 24.3 Å². The second-order valence-corrected chi connectivity index (χ2v) is 6.07. The normalized spacial score (nSPS) is 24.3. The molecule has 1 atom stereocenters. The summed E-state index contributed by atoms with van der Waals surface area (Å²) in [6.45, 7) is 6.39. The molecule has 4 heteroatoms. The summed E-state index contributed by atoms with van der Waals surface area (Å²) in [6.07, 6.45) is 0. The summed E-state index contributed by atoms with van der Waals surface area (Å²) in [4.78, 5) is 4.58. The molecule has 100 valence electrons. The van der Waals surface area contributed by atoms with E-state index in [-0.39, 0.29) is 18.2 Å². The van der Waals surface area contributed by atoms with Crippen LogP contribution < -0.4 is 4.90 Å². The number of aliphatic hydroxyl groups is 1. The Hall–Kier alpha value is -0.770. The topological polar surface area (TPSA) is 26.7 Å². The van der Waals surface area contributed by atoms with E-state index in [2.05, 4.69) is 30.7 Å². The van der Waals surface area contributed by atoms with Gasteiger partial charge in [0.2, 0.25) is 0 Å². The van der Waals surface area contributed by atoms with Crippen LogP contribution in [0, 0.1) is 0 Å². The predicted octanol–water partition coefficient (Wildman–Crippen LogP) is 2.23. The number of hydrogen-bond acceptors (Lipinski definition) is 3. The highest BCUT2D eigenvalue weighted by atomic mass is 35.5. The summed E-state index contributed by atoms with van der Waals surface area (Å²) in [7, 11) is 2.11. The zero-order chi connectivity index (χ0) is 13.3. The fraction of sp³-hybridized carbons (Fsp3) is 0.571. The van der Waals surface area contributed by atoms with Crippen LogP contribution in [0.3, 0.4) is 0 Å². The molecule has 0 bridgehead atoms. The van der Waals surface area contributed by atoms with Crippen molar-refractivity contribution in [2.24, 2.45) is 0 Å². The number of hydrogen-bond donors (Lipinski definition) is 1. The molecule has 1 aliphatic rings. The first-order chi connectivity index (χ1) is 8.44. The van der Waals surface area contributed by atoms with Crippen molar-refractivity contribution in [1.29, 1.82) is 0 Å². The highest BCUT2D eigenvalue weighted by Crippen LogP contribution is 2.28. The molecule has 1 heterocycles. The summed E-state index contributed by atoms with van der Waals surface area (Å²) in [6, 6.07) is 7.98. The standard InChI is InChI=1S/C14H21ClN2O/c1-14(2)10-17(13(9-18)8-16(14)3)12-6-4-11(15)5-7-12/h4-7,13,18H,8-10H2,1-3H3. The molecule has 2 rings (SSSR count). The number of anilines is 1. The minimum atomic E-state index is 0.102. The number of rotatable bonds is 2. The summed E-state index contributed by atoms with van der Waals surface area (Å²) >= 11 is 5.92. The molecular formula is C14H21ClN2O. The van der Waals surface area contributed by atoms with E-state index in [1.165, 1.54) is 0 Å². The van der Waals surface area contributed by atoms with Crippen LogP contribution in [0.15, 0.2) is 24.3 Å². The number of benzene rings is 1. The summed E-state index contributed by atoms with van der Waals surface area (Å²) in [5.74, 6) is 0. The van der Waals surface area contributed by atoms with Crippen LogP contribution in [0.2, 0.25) is 5.02 Å². The highest BCUT2D eigenvalue weighted by Gasteiger charge is 2.36. The third-order valence-electron chi connectivity index (χ3n) is 3.89. The van der Waals surface area contributed by atoms with Crippen LogP contribution >= 0.6 is 11.6 Å². The Morgan fingerprint density at radius 3 is 2.50 bits per heavy atom. The van der Waals surface area contributed by atoms with Crippen molar-refractivity contribution in [3.05, 3.63) is 29.3 Å². The van der Waals surface area contributed by atoms with Gasteiger partial charge in [-0.25, -0.2) is 0 Å². The maximum absolute atomic E-state index is 9.57. The molecule has 18 heavy (non-hydrogen) atoms. The smallest absolute Gasteiger partial charge is 0.0648 e. The number of aliphatic hydroxyl groups excluding tert-OH is 1. The fourth-order valence-corrected chi connectivity index (χ4v) is 2.55. The van der Waals surface area contributed by atoms with E-state index in [0.29, 0.717) is 0 Å². The third-order valence-corrected chi connectivity index (χ3v) is 4.14. The molecule has 3 nitrogen and oxygen atoms in total. The van der Waals surface area contributed by atoms with Crippen molar-refractivity contribution in [2.45, 2.75) is 25.4 Å². The van der Waals surface area contributed by atoms with Crippen LogP contribution in [-0.2, 0) is 0 Å². The van der Waals surface area contributed by atoms with Crippen LogP contribution in [0.5, 0.6) is 0 Å². The van der Waals surface area contributed by atoms with E-state index in [9.17, 15) is 5.11 Å². The molecule has 1 N–H and O–H groups in total. The van der Waals surface area contributed by atoms with Crippen molar-refractivity contribution in [2.75, 3.05) is 31.6 Å². The van der Waals surface area contributed by atoms with Gasteiger partial charge < -0.3 is 10.0 Å². The third kappa shape index (κ3) is 2.63. The molecule has 0 aliphatic carbocycles. The minimum Gasteiger partial charge on any atom is -0.394 e. The van der Waals surface area contributed by atoms with Gasteiger partial charge in [0.1, 0.15) is 0 Å². The van der Waals surface area contributed by atoms with Crippen molar-refractivity contribution in [3.63, 3.8) is 0 Å². The zero-order valence-corrected chi connectivity index (χ0v) is 12.0. The van der Waals surface area contributed by atoms with Crippen molar-refractivity contribution in [3.8, 4) is 0 Å². The maximum Gasteiger partial charge on any atom is 0.0648 e. The lowest BCUT2D eigenvalue weighted by Gasteiger charge is -2.50. The monoisotopic (exact) mass is 268 g/mol. The molecule has 0 saturated carbocycles. The summed E-state index contributed by atoms with van der Waals surface area (Å²) < 4.78 is 0. The first-order valence-electron chi connectivity index (χ1n) is 6.28. The van der Waals surface area contributed by atoms with Crippen molar-refractivity contribution in [1.82, 2.24) is 4.90 Å². The average molecular weight is 269 g/mol. The quantitative estimate of drug-likeness (QED) is 0.891. The van der Waals surface area contributed by atoms with Crippen LogP contribution in [0.25, 0.3) is 0 Å². The molecule has 0 amide bonds. The Labute approximate surface area is 114 Å². The summed E-state index contributed by atoms with van der Waals surface area (Å²) in [5, 5.41) is 10.3. The maximum atomic E-state index is 9.57. The first kappa shape index (κ1) is 13.7. The fourth-order valence-electron chi connectivity index (χ4n) is 2.42. The molecule has 1 unspecified atom stereocenters. The summed E-state index contributed by atoms with van der Waals surface area (Å²) in [5.41, 5.74) is 1.23. The van der Waals surface area contributed by atoms with Gasteiger partial charge in [0, 0.05) is 29.3 Å². The van der Waals surface area contributed by atoms with Gasteiger partial charge in [-0.1, -0.05) is 11.6 Å². The molecule has 1 aromatic rings. The van der Waals surface area contributed by atoms with Gasteiger partial charge in [-0.05, 0) is 45.2 Å². The van der Waals surface area contributed by atoms with Gasteiger partial charge in [-0.15, -0.1) is 0 Å². The Morgan fingerprint density at radius 1 is 1.33 bits per heavy atom. The second-order valence-electron chi connectivity index (χ2n) is 5.63. The lowest BCUT2D eigenvalue weighted by atomic mass is 9.96. The molecule has 1 saturated heterocycles. The van der Waals surface area contributed by atoms with E-state index in [0.717, 1.165) is 23.8 Å². The lowest BCUT2D eigenvalue weighted by molar-refractivity contribution is 0.0932. The zero-order valence-electron chi connectivity index (χ0n) is 11.2. The SMILES string of the molecule is CN1CC(CO)N(c2ccc(Cl)cc2)CC1(C)C. The number of halogens is 1. The molecule has 1 aromatic carbocycles. The Kier molecular flexibility index (Phi) is 3.85. The van der Waals surface area contributed by atoms with Crippen molar-refractivity contribution >= 4 is 17.3 Å². The van der Waals surface area contributed by atoms with Gasteiger partial charge in [0.15, 0.2) is 0 Å². The molecular weight excluding hydrogens is 248 g/mol. The van der Waals surface area contributed by atoms with Gasteiger partial charge in [-0.2, -0.15) is 0 Å². The highest BCUT2D eigenvalue weighted by molar-refractivity contribution is 6.30. The largest absolute Gasteiger partial charge is 0.394 e. The van der Waals surface area contributed by atoms with Crippen molar-refractivity contribution < 1.29 is 5.11 Å². The molecule has 1 aliphatic heterocycles. The van der Waals surface area contributed by atoms with E-state index >= 15 is 0 Å². The van der Waals surface area contributed by atoms with Crippen LogP contribution in [0.4, 0.5) is 5.69 Å². The predicted molar refractivity (Wildman–Crippen MR) is 76.4 cm³/mol. The average Bonchev–Trinajstić information content (AvgIpc) is 2.33. The molecule has 1 fully saturated rings. The van der Waals surface area contributed by atoms with Gasteiger partial charge in [0.05, 0.1) is 12.6 Å². The van der Waals surface area contributed by atoms with Gasteiger partial charge in [-0.3, -0.25) is 4.90 Å². The van der Waals surface area contributed by atoms with E-state index in [1.54, 1.807) is 0 Å². The molecule has 0 aromatic heterocycles. The van der Waals surface area contributed by atoms with Crippen LogP contribution in [0.1, 0.15) is 13.8 Å². The van der Waals surface area contributed by atoms with Gasteiger partial charge >= 0.3 is 0 Å². The molecule has 0 spiro atoms. The molecule has 0 radical (unpaired) electrons. The van der Waals surface area contributed by atoms with E-state index in [4.69, 9.17) is 11.6 Å². The Bertz CT molecular complexity index is 405. The first-order valence-corrected chi connectivity index (χ1v) is 6.66. The van der Waals surface area contributed by atoms with Gasteiger partial charge in [0.25, 0.3) is 0 Å². The Balaban J connectivity index is 2.26. The number of likely N-dealkylation sites (N-methyl/N-ethyl adjacent to an activating group) is 1. The van der Waals surface area contributed by atoms with Crippen LogP contribution in [-0.4, -0.2) is 48.3 Å². The number of piperazine rings is 1. The second kappa shape index (κ2) is 5.08. The van der Waals surface area contributed by atoms with E-state index < -0.39 is 0 Å².